The molecule has 0 aliphatic heterocycles. The Bertz CT molecular complexity index is 1080. The average Bonchev–Trinajstić information content (AvgIpc) is 3.21. The highest BCUT2D eigenvalue weighted by Gasteiger charge is 2.10. The highest BCUT2D eigenvalue weighted by Crippen LogP contribution is 2.31. The Balaban J connectivity index is 1.60. The number of benzene rings is 2. The summed E-state index contributed by atoms with van der Waals surface area (Å²) in [5.74, 6) is 0.791. The maximum Gasteiger partial charge on any atom is 0.311 e. The SMILES string of the molecule is CCOC(=O)Cc1csc(NN=Cc2ccc(OCc3c(Cl)cccc3Cl)c(OC)c2)n1. The maximum atomic E-state index is 11.5. The lowest BCUT2D eigenvalue weighted by molar-refractivity contribution is -0.142. The van der Waals surface area contributed by atoms with Crippen molar-refractivity contribution < 1.29 is 19.0 Å². The van der Waals surface area contributed by atoms with Crippen LogP contribution in [-0.2, 0) is 22.6 Å². The topological polar surface area (TPSA) is 82.0 Å². The molecule has 0 fully saturated rings. The number of thiazole rings is 1. The quantitative estimate of drug-likeness (QED) is 0.225. The van der Waals surface area contributed by atoms with Gasteiger partial charge in [0.2, 0.25) is 5.13 Å². The lowest BCUT2D eigenvalue weighted by atomic mass is 10.2. The normalized spacial score (nSPS) is 10.9. The highest BCUT2D eigenvalue weighted by atomic mass is 35.5. The first-order valence-electron chi connectivity index (χ1n) is 9.63. The molecule has 0 unspecified atom stereocenters. The molecule has 2 aromatic carbocycles. The van der Waals surface area contributed by atoms with Crippen molar-refractivity contribution in [1.29, 1.82) is 0 Å². The van der Waals surface area contributed by atoms with Crippen LogP contribution >= 0.6 is 34.5 Å². The number of methoxy groups -OCH3 is 1. The molecule has 0 spiro atoms. The Morgan fingerprint density at radius 1 is 1.22 bits per heavy atom. The van der Waals surface area contributed by atoms with Crippen LogP contribution in [0.25, 0.3) is 0 Å². The van der Waals surface area contributed by atoms with Crippen molar-refractivity contribution in [3.8, 4) is 11.5 Å². The largest absolute Gasteiger partial charge is 0.493 e. The molecule has 0 aliphatic rings. The predicted octanol–water partition coefficient (Wildman–Crippen LogP) is 5.59. The zero-order valence-electron chi connectivity index (χ0n) is 17.4. The van der Waals surface area contributed by atoms with Gasteiger partial charge in [0, 0.05) is 21.0 Å². The Hall–Kier alpha value is -2.81. The molecule has 0 saturated carbocycles. The first-order chi connectivity index (χ1) is 15.5. The van der Waals surface area contributed by atoms with Crippen LogP contribution in [0, 0.1) is 0 Å². The van der Waals surface area contributed by atoms with Crippen molar-refractivity contribution in [2.24, 2.45) is 5.10 Å². The number of anilines is 1. The van der Waals surface area contributed by atoms with Gasteiger partial charge in [-0.15, -0.1) is 11.3 Å². The number of esters is 1. The Morgan fingerprint density at radius 2 is 2.00 bits per heavy atom. The average molecular weight is 494 g/mol. The van der Waals surface area contributed by atoms with E-state index < -0.39 is 0 Å². The van der Waals surface area contributed by atoms with Gasteiger partial charge >= 0.3 is 5.97 Å². The highest BCUT2D eigenvalue weighted by molar-refractivity contribution is 7.13. The number of halogens is 2. The molecule has 0 radical (unpaired) electrons. The van der Waals surface area contributed by atoms with Gasteiger partial charge in [0.25, 0.3) is 0 Å². The third kappa shape index (κ3) is 6.59. The fraction of sp³-hybridized carbons (Fsp3) is 0.227. The van der Waals surface area contributed by atoms with E-state index in [1.54, 1.807) is 56.0 Å². The smallest absolute Gasteiger partial charge is 0.311 e. The molecule has 1 heterocycles. The monoisotopic (exact) mass is 493 g/mol. The lowest BCUT2D eigenvalue weighted by Crippen LogP contribution is -2.07. The molecule has 1 aromatic heterocycles. The maximum absolute atomic E-state index is 11.5. The van der Waals surface area contributed by atoms with E-state index in [1.807, 2.05) is 6.07 Å². The van der Waals surface area contributed by atoms with Crippen LogP contribution in [0.2, 0.25) is 10.0 Å². The number of carbonyl (C=O) groups is 1. The summed E-state index contributed by atoms with van der Waals surface area (Å²) in [6, 6.07) is 10.7. The minimum absolute atomic E-state index is 0.133. The Morgan fingerprint density at radius 3 is 2.72 bits per heavy atom. The van der Waals surface area contributed by atoms with Crippen LogP contribution in [0.3, 0.4) is 0 Å². The second kappa shape index (κ2) is 11.7. The van der Waals surface area contributed by atoms with E-state index in [1.165, 1.54) is 11.3 Å². The van der Waals surface area contributed by atoms with Crippen molar-refractivity contribution in [3.05, 3.63) is 68.6 Å². The van der Waals surface area contributed by atoms with Crippen molar-refractivity contribution in [2.45, 2.75) is 20.0 Å². The van der Waals surface area contributed by atoms with Crippen LogP contribution in [0.1, 0.15) is 23.7 Å². The second-order valence-corrected chi connectivity index (χ2v) is 8.07. The number of hydrogen-bond acceptors (Lipinski definition) is 8. The summed E-state index contributed by atoms with van der Waals surface area (Å²) >= 11 is 13.7. The number of nitrogens with one attached hydrogen (secondary N) is 1. The summed E-state index contributed by atoms with van der Waals surface area (Å²) in [7, 11) is 1.56. The van der Waals surface area contributed by atoms with Gasteiger partial charge in [-0.3, -0.25) is 10.2 Å². The molecule has 168 valence electrons. The number of carbonyl (C=O) groups excluding carboxylic acids is 1. The summed E-state index contributed by atoms with van der Waals surface area (Å²) in [4.78, 5) is 15.8. The first-order valence-corrected chi connectivity index (χ1v) is 11.3. The van der Waals surface area contributed by atoms with E-state index in [4.69, 9.17) is 37.4 Å². The molecule has 0 bridgehead atoms. The van der Waals surface area contributed by atoms with E-state index in [-0.39, 0.29) is 19.0 Å². The number of nitrogens with zero attached hydrogens (tertiary/aromatic N) is 2. The summed E-state index contributed by atoms with van der Waals surface area (Å²) < 4.78 is 16.2. The molecule has 7 nitrogen and oxygen atoms in total. The zero-order valence-corrected chi connectivity index (χ0v) is 19.8. The first kappa shape index (κ1) is 23.8. The van der Waals surface area contributed by atoms with Crippen LogP contribution in [0.4, 0.5) is 5.13 Å². The molecule has 32 heavy (non-hydrogen) atoms. The molecule has 1 N–H and O–H groups in total. The van der Waals surface area contributed by atoms with Crippen molar-refractivity contribution in [3.63, 3.8) is 0 Å². The van der Waals surface area contributed by atoms with Gasteiger partial charge < -0.3 is 14.2 Å². The molecule has 3 aromatic rings. The molecular formula is C22H21Cl2N3O4S. The third-order valence-electron chi connectivity index (χ3n) is 4.18. The molecule has 0 saturated heterocycles. The van der Waals surface area contributed by atoms with Crippen LogP contribution in [-0.4, -0.2) is 30.9 Å². The minimum atomic E-state index is -0.306. The number of hydrazone groups is 1. The van der Waals surface area contributed by atoms with E-state index >= 15 is 0 Å². The van der Waals surface area contributed by atoms with Gasteiger partial charge in [-0.25, -0.2) is 4.98 Å². The summed E-state index contributed by atoms with van der Waals surface area (Å²) in [5, 5.41) is 7.63. The van der Waals surface area contributed by atoms with Gasteiger partial charge in [0.05, 0.1) is 32.0 Å². The predicted molar refractivity (Wildman–Crippen MR) is 127 cm³/mol. The number of rotatable bonds is 10. The van der Waals surface area contributed by atoms with Gasteiger partial charge in [0.1, 0.15) is 6.61 Å². The summed E-state index contributed by atoms with van der Waals surface area (Å²) in [6.07, 6.45) is 1.76. The van der Waals surface area contributed by atoms with Gasteiger partial charge in [-0.2, -0.15) is 5.10 Å². The fourth-order valence-electron chi connectivity index (χ4n) is 2.67. The fourth-order valence-corrected chi connectivity index (χ4v) is 3.83. The minimum Gasteiger partial charge on any atom is -0.493 e. The molecule has 3 rings (SSSR count). The molecular weight excluding hydrogens is 473 g/mol. The van der Waals surface area contributed by atoms with Gasteiger partial charge in [-0.1, -0.05) is 29.3 Å². The number of hydrogen-bond donors (Lipinski definition) is 1. The summed E-state index contributed by atoms with van der Waals surface area (Å²) in [5.41, 5.74) is 4.99. The second-order valence-electron chi connectivity index (χ2n) is 6.39. The molecule has 0 atom stereocenters. The van der Waals surface area contributed by atoms with E-state index in [2.05, 4.69) is 15.5 Å². The van der Waals surface area contributed by atoms with Gasteiger partial charge in [-0.05, 0) is 42.8 Å². The van der Waals surface area contributed by atoms with Gasteiger partial charge in [0.15, 0.2) is 11.5 Å². The Labute approximate surface area is 199 Å². The zero-order chi connectivity index (χ0) is 22.9. The summed E-state index contributed by atoms with van der Waals surface area (Å²) in [6.45, 7) is 2.32. The number of aromatic nitrogens is 1. The van der Waals surface area contributed by atoms with E-state index in [0.29, 0.717) is 44.5 Å². The molecule has 10 heteroatoms. The molecule has 0 aliphatic carbocycles. The number of ether oxygens (including phenoxy) is 3. The van der Waals surface area contributed by atoms with Crippen LogP contribution in [0.15, 0.2) is 46.9 Å². The standard InChI is InChI=1S/C22H21Cl2N3O4S/c1-3-30-21(28)10-15-13-32-22(26-15)27-25-11-14-7-8-19(20(9-14)29-2)31-12-16-17(23)5-4-6-18(16)24/h4-9,11,13H,3,10,12H2,1-2H3,(H,26,27). The van der Waals surface area contributed by atoms with Crippen LogP contribution < -0.4 is 14.9 Å². The lowest BCUT2D eigenvalue weighted by Gasteiger charge is -2.13. The van der Waals surface area contributed by atoms with Crippen molar-refractivity contribution in [2.75, 3.05) is 19.1 Å². The van der Waals surface area contributed by atoms with E-state index in [0.717, 1.165) is 5.56 Å². The van der Waals surface area contributed by atoms with Crippen molar-refractivity contribution >= 4 is 51.9 Å². The van der Waals surface area contributed by atoms with Crippen molar-refractivity contribution in [1.82, 2.24) is 4.98 Å². The molecule has 0 amide bonds. The van der Waals surface area contributed by atoms with E-state index in [9.17, 15) is 4.79 Å². The van der Waals surface area contributed by atoms with Crippen LogP contribution in [0.5, 0.6) is 11.5 Å². The Kier molecular flexibility index (Phi) is 8.72. The third-order valence-corrected chi connectivity index (χ3v) is 5.68.